The SMILES string of the molecule is COC(C)(C)c1nc(C(=O)O)c(C)o1. The molecule has 1 aromatic heterocycles. The Labute approximate surface area is 81.7 Å². The minimum atomic E-state index is -1.09. The van der Waals surface area contributed by atoms with E-state index in [0.717, 1.165) is 0 Å². The van der Waals surface area contributed by atoms with Crippen LogP contribution in [0.1, 0.15) is 36.0 Å². The molecule has 0 saturated heterocycles. The second-order valence-electron chi connectivity index (χ2n) is 3.44. The summed E-state index contributed by atoms with van der Waals surface area (Å²) in [6, 6.07) is 0. The van der Waals surface area contributed by atoms with Crippen molar-refractivity contribution in [1.82, 2.24) is 4.98 Å². The first-order valence-corrected chi connectivity index (χ1v) is 4.15. The highest BCUT2D eigenvalue weighted by Crippen LogP contribution is 2.24. The summed E-state index contributed by atoms with van der Waals surface area (Å²) in [6.07, 6.45) is 0. The van der Waals surface area contributed by atoms with Gasteiger partial charge in [-0.3, -0.25) is 0 Å². The number of aryl methyl sites for hydroxylation is 1. The number of hydrogen-bond acceptors (Lipinski definition) is 4. The Kier molecular flexibility index (Phi) is 2.62. The Balaban J connectivity index is 3.15. The lowest BCUT2D eigenvalue weighted by atomic mass is 10.1. The number of carboxylic acid groups (broad SMARTS) is 1. The fraction of sp³-hybridized carbons (Fsp3) is 0.556. The summed E-state index contributed by atoms with van der Waals surface area (Å²) in [5, 5.41) is 8.75. The number of nitrogens with zero attached hydrogens (tertiary/aromatic N) is 1. The molecule has 1 rings (SSSR count). The summed E-state index contributed by atoms with van der Waals surface area (Å²) in [7, 11) is 1.51. The largest absolute Gasteiger partial charge is 0.476 e. The molecule has 78 valence electrons. The van der Waals surface area contributed by atoms with Gasteiger partial charge in [0.1, 0.15) is 11.4 Å². The van der Waals surface area contributed by atoms with Crippen molar-refractivity contribution in [2.24, 2.45) is 0 Å². The second kappa shape index (κ2) is 3.42. The van der Waals surface area contributed by atoms with E-state index >= 15 is 0 Å². The molecule has 0 atom stereocenters. The third-order valence-electron chi connectivity index (χ3n) is 2.02. The van der Waals surface area contributed by atoms with E-state index in [1.165, 1.54) is 7.11 Å². The first kappa shape index (κ1) is 10.7. The van der Waals surface area contributed by atoms with Gasteiger partial charge in [-0.1, -0.05) is 0 Å². The second-order valence-corrected chi connectivity index (χ2v) is 3.44. The topological polar surface area (TPSA) is 72.6 Å². The molecule has 0 aromatic carbocycles. The number of ether oxygens (including phenoxy) is 1. The maximum atomic E-state index is 10.7. The number of oxazole rings is 1. The van der Waals surface area contributed by atoms with Crippen molar-refractivity contribution in [3.63, 3.8) is 0 Å². The molecule has 0 unspecified atom stereocenters. The highest BCUT2D eigenvalue weighted by Gasteiger charge is 2.28. The van der Waals surface area contributed by atoms with Crippen molar-refractivity contribution in [2.45, 2.75) is 26.4 Å². The van der Waals surface area contributed by atoms with E-state index in [2.05, 4.69) is 4.98 Å². The molecule has 0 fully saturated rings. The molecule has 1 aromatic rings. The molecular weight excluding hydrogens is 186 g/mol. The van der Waals surface area contributed by atoms with Gasteiger partial charge in [-0.25, -0.2) is 9.78 Å². The average Bonchev–Trinajstić information content (AvgIpc) is 2.48. The van der Waals surface area contributed by atoms with Crippen LogP contribution in [-0.2, 0) is 10.3 Å². The average molecular weight is 199 g/mol. The molecule has 0 bridgehead atoms. The highest BCUT2D eigenvalue weighted by atomic mass is 16.5. The quantitative estimate of drug-likeness (QED) is 0.799. The summed E-state index contributed by atoms with van der Waals surface area (Å²) >= 11 is 0. The Bertz CT molecular complexity index is 354. The molecule has 0 spiro atoms. The van der Waals surface area contributed by atoms with E-state index in [4.69, 9.17) is 14.3 Å². The number of aromatic nitrogens is 1. The van der Waals surface area contributed by atoms with Gasteiger partial charge < -0.3 is 14.3 Å². The Morgan fingerprint density at radius 2 is 2.14 bits per heavy atom. The van der Waals surface area contributed by atoms with Crippen LogP contribution in [0.5, 0.6) is 0 Å². The number of hydrogen-bond donors (Lipinski definition) is 1. The molecule has 14 heavy (non-hydrogen) atoms. The van der Waals surface area contributed by atoms with Gasteiger partial charge in [-0.2, -0.15) is 0 Å². The van der Waals surface area contributed by atoms with E-state index in [0.29, 0.717) is 0 Å². The standard InChI is InChI=1S/C9H13NO4/c1-5-6(7(11)12)10-8(14-5)9(2,3)13-4/h1-4H3,(H,11,12). The summed E-state index contributed by atoms with van der Waals surface area (Å²) in [6.45, 7) is 5.07. The molecule has 0 radical (unpaired) electrons. The number of carboxylic acids is 1. The van der Waals surface area contributed by atoms with Gasteiger partial charge >= 0.3 is 5.97 Å². The van der Waals surface area contributed by atoms with Gasteiger partial charge in [-0.15, -0.1) is 0 Å². The lowest BCUT2D eigenvalue weighted by molar-refractivity contribution is -0.00422. The van der Waals surface area contributed by atoms with Crippen LogP contribution in [0.4, 0.5) is 0 Å². The lowest BCUT2D eigenvalue weighted by Crippen LogP contribution is -2.20. The van der Waals surface area contributed by atoms with Gasteiger partial charge in [0.25, 0.3) is 0 Å². The third kappa shape index (κ3) is 1.77. The van der Waals surface area contributed by atoms with Crippen LogP contribution in [-0.4, -0.2) is 23.2 Å². The predicted molar refractivity (Wildman–Crippen MR) is 48.2 cm³/mol. The van der Waals surface area contributed by atoms with E-state index in [9.17, 15) is 4.79 Å². The molecule has 0 saturated carbocycles. The normalized spacial score (nSPS) is 11.7. The fourth-order valence-electron chi connectivity index (χ4n) is 0.940. The number of methoxy groups -OCH3 is 1. The van der Waals surface area contributed by atoms with E-state index in [1.807, 2.05) is 0 Å². The van der Waals surface area contributed by atoms with Gasteiger partial charge in [0.2, 0.25) is 5.89 Å². The zero-order valence-corrected chi connectivity index (χ0v) is 8.62. The zero-order chi connectivity index (χ0) is 10.9. The summed E-state index contributed by atoms with van der Waals surface area (Å²) in [5.41, 5.74) is -0.775. The van der Waals surface area contributed by atoms with Crippen LogP contribution < -0.4 is 0 Å². The van der Waals surface area contributed by atoms with Gasteiger partial charge in [0, 0.05) is 7.11 Å². The van der Waals surface area contributed by atoms with Crippen LogP contribution >= 0.6 is 0 Å². The van der Waals surface area contributed by atoms with Crippen molar-refractivity contribution in [2.75, 3.05) is 7.11 Å². The minimum absolute atomic E-state index is 0.0647. The number of aromatic carboxylic acids is 1. The molecule has 1 heterocycles. The smallest absolute Gasteiger partial charge is 0.358 e. The predicted octanol–water partition coefficient (Wildman–Crippen LogP) is 1.56. The van der Waals surface area contributed by atoms with Crippen LogP contribution in [0.2, 0.25) is 0 Å². The zero-order valence-electron chi connectivity index (χ0n) is 8.62. The van der Waals surface area contributed by atoms with Crippen molar-refractivity contribution in [3.8, 4) is 0 Å². The van der Waals surface area contributed by atoms with E-state index in [-0.39, 0.29) is 17.3 Å². The Morgan fingerprint density at radius 3 is 2.50 bits per heavy atom. The van der Waals surface area contributed by atoms with Crippen molar-refractivity contribution < 1.29 is 19.1 Å². The number of carbonyl (C=O) groups is 1. The fourth-order valence-corrected chi connectivity index (χ4v) is 0.940. The number of rotatable bonds is 3. The van der Waals surface area contributed by atoms with Gasteiger partial charge in [0.05, 0.1) is 0 Å². The van der Waals surface area contributed by atoms with Crippen LogP contribution in [0.3, 0.4) is 0 Å². The minimum Gasteiger partial charge on any atom is -0.476 e. The van der Waals surface area contributed by atoms with Gasteiger partial charge in [-0.05, 0) is 20.8 Å². The lowest BCUT2D eigenvalue weighted by Gasteiger charge is -2.17. The maximum Gasteiger partial charge on any atom is 0.358 e. The maximum absolute atomic E-state index is 10.7. The molecule has 0 aliphatic heterocycles. The highest BCUT2D eigenvalue weighted by molar-refractivity contribution is 5.86. The first-order chi connectivity index (χ1) is 6.38. The summed E-state index contributed by atoms with van der Waals surface area (Å²) in [4.78, 5) is 14.5. The monoisotopic (exact) mass is 199 g/mol. The first-order valence-electron chi connectivity index (χ1n) is 4.15. The Morgan fingerprint density at radius 1 is 1.57 bits per heavy atom. The summed E-state index contributed by atoms with van der Waals surface area (Å²) in [5.74, 6) is -0.531. The van der Waals surface area contributed by atoms with Crippen LogP contribution in [0.25, 0.3) is 0 Å². The Hall–Kier alpha value is -1.36. The van der Waals surface area contributed by atoms with Crippen molar-refractivity contribution >= 4 is 5.97 Å². The molecule has 1 N–H and O–H groups in total. The van der Waals surface area contributed by atoms with E-state index < -0.39 is 11.6 Å². The van der Waals surface area contributed by atoms with Crippen LogP contribution in [0, 0.1) is 6.92 Å². The molecule has 0 amide bonds. The van der Waals surface area contributed by atoms with Crippen LogP contribution in [0.15, 0.2) is 4.42 Å². The van der Waals surface area contributed by atoms with Gasteiger partial charge in [0.15, 0.2) is 5.69 Å². The van der Waals surface area contributed by atoms with Crippen molar-refractivity contribution in [1.29, 1.82) is 0 Å². The molecule has 0 aliphatic rings. The molecule has 5 heteroatoms. The molecular formula is C9H13NO4. The molecule has 0 aliphatic carbocycles. The van der Waals surface area contributed by atoms with E-state index in [1.54, 1.807) is 20.8 Å². The summed E-state index contributed by atoms with van der Waals surface area (Å²) < 4.78 is 10.3. The third-order valence-corrected chi connectivity index (χ3v) is 2.02. The van der Waals surface area contributed by atoms with Crippen molar-refractivity contribution in [3.05, 3.63) is 17.3 Å². The molecule has 5 nitrogen and oxygen atoms in total.